The van der Waals surface area contributed by atoms with Crippen LogP contribution in [0.2, 0.25) is 0 Å². The molecule has 0 aliphatic carbocycles. The third-order valence-corrected chi connectivity index (χ3v) is 17.8. The van der Waals surface area contributed by atoms with Gasteiger partial charge in [0, 0.05) is 65.4 Å². The molecule has 0 aromatic heterocycles. The van der Waals surface area contributed by atoms with E-state index in [1.54, 1.807) is 0 Å². The van der Waals surface area contributed by atoms with Crippen molar-refractivity contribution in [3.05, 3.63) is 0 Å². The Hall–Kier alpha value is -3.34. The maximum Gasteiger partial charge on any atom is 0.307 e. The minimum Gasteiger partial charge on any atom is -0.465 e. The van der Waals surface area contributed by atoms with E-state index in [2.05, 4.69) is 103 Å². The first-order chi connectivity index (χ1) is 42.1. The van der Waals surface area contributed by atoms with Gasteiger partial charge in [0.15, 0.2) is 0 Å². The molecule has 0 amide bonds. The average Bonchev–Trinajstić information content (AvgIpc) is 3.64. The number of hydrogen-bond donors (Lipinski definition) is 0. The molecule has 0 aliphatic rings. The number of ether oxygens (including phenoxy) is 6. The molecular weight excluding hydrogens is 1100 g/mol. The first-order valence-electron chi connectivity index (χ1n) is 35.9. The van der Waals surface area contributed by atoms with Crippen molar-refractivity contribution in [2.24, 2.45) is 35.5 Å². The molecule has 0 N–H and O–H groups in total. The van der Waals surface area contributed by atoms with Crippen molar-refractivity contribution in [2.45, 2.75) is 276 Å². The SMILES string of the molecule is CCCCC(CC)COC(=O)CCN(CCC(=O)OCC(CC)CCCC)CCN(CCN(CCC(=O)OCC(CC)CCCC)CCC(=O)OCC(CC)CCCC)CN(CCC(=O)OCC(CC)CCCC)CCC(=O)OCC(CC)CCCC. The van der Waals surface area contributed by atoms with Gasteiger partial charge in [-0.2, -0.15) is 0 Å². The van der Waals surface area contributed by atoms with Crippen molar-refractivity contribution < 1.29 is 57.2 Å². The van der Waals surface area contributed by atoms with Crippen LogP contribution in [0.25, 0.3) is 0 Å². The number of carbonyl (C=O) groups excluding carboxylic acids is 6. The van der Waals surface area contributed by atoms with Crippen molar-refractivity contribution >= 4 is 35.8 Å². The summed E-state index contributed by atoms with van der Waals surface area (Å²) < 4.78 is 35.3. The summed E-state index contributed by atoms with van der Waals surface area (Å²) in [6.45, 7) is 32.7. The van der Waals surface area contributed by atoms with Crippen molar-refractivity contribution in [3.8, 4) is 0 Å². The Morgan fingerprint density at radius 3 is 0.575 bits per heavy atom. The van der Waals surface area contributed by atoms with E-state index in [-0.39, 0.29) is 74.3 Å². The lowest BCUT2D eigenvalue weighted by Crippen LogP contribution is -2.47. The van der Waals surface area contributed by atoms with Crippen molar-refractivity contribution in [2.75, 3.05) is 112 Å². The fourth-order valence-electron chi connectivity index (χ4n) is 10.6. The van der Waals surface area contributed by atoms with Crippen LogP contribution in [0.5, 0.6) is 0 Å². The number of hydrogen-bond acceptors (Lipinski definition) is 16. The molecule has 0 aromatic carbocycles. The molecule has 6 atom stereocenters. The maximum absolute atomic E-state index is 13.6. The molecule has 0 saturated carbocycles. The lowest BCUT2D eigenvalue weighted by Gasteiger charge is -2.34. The highest BCUT2D eigenvalue weighted by molar-refractivity contribution is 5.71. The smallest absolute Gasteiger partial charge is 0.307 e. The zero-order valence-corrected chi connectivity index (χ0v) is 58.4. The van der Waals surface area contributed by atoms with Gasteiger partial charge in [0.05, 0.1) is 84.8 Å². The molecule has 0 bridgehead atoms. The second-order valence-electron chi connectivity index (χ2n) is 25.2. The Kier molecular flexibility index (Phi) is 55.6. The fourth-order valence-corrected chi connectivity index (χ4v) is 10.6. The van der Waals surface area contributed by atoms with E-state index >= 15 is 0 Å². The third-order valence-electron chi connectivity index (χ3n) is 17.8. The first kappa shape index (κ1) is 83.7. The molecule has 16 nitrogen and oxygen atoms in total. The molecule has 0 radical (unpaired) electrons. The van der Waals surface area contributed by atoms with E-state index in [1.165, 1.54) is 0 Å². The highest BCUT2D eigenvalue weighted by Gasteiger charge is 2.23. The summed E-state index contributed by atoms with van der Waals surface area (Å²) in [4.78, 5) is 89.7. The van der Waals surface area contributed by atoms with Crippen molar-refractivity contribution in [1.29, 1.82) is 0 Å². The summed E-state index contributed by atoms with van der Waals surface area (Å²) in [6, 6.07) is 0. The van der Waals surface area contributed by atoms with Gasteiger partial charge in [-0.15, -0.1) is 0 Å². The van der Waals surface area contributed by atoms with Crippen molar-refractivity contribution in [3.63, 3.8) is 0 Å². The molecule has 0 rings (SSSR count). The molecule has 6 unspecified atom stereocenters. The Balaban J connectivity index is 7.28. The van der Waals surface area contributed by atoms with E-state index in [1.807, 2.05) is 0 Å². The van der Waals surface area contributed by atoms with Gasteiger partial charge in [0.1, 0.15) is 0 Å². The van der Waals surface area contributed by atoms with Crippen LogP contribution in [0.1, 0.15) is 276 Å². The summed E-state index contributed by atoms with van der Waals surface area (Å²) in [7, 11) is 0. The Labute approximate surface area is 533 Å². The zero-order valence-electron chi connectivity index (χ0n) is 58.4. The quantitative estimate of drug-likeness (QED) is 0.0320. The van der Waals surface area contributed by atoms with Gasteiger partial charge < -0.3 is 38.2 Å². The van der Waals surface area contributed by atoms with Crippen LogP contribution >= 0.6 is 0 Å². The summed E-state index contributed by atoms with van der Waals surface area (Å²) >= 11 is 0. The molecule has 0 fully saturated rings. The van der Waals surface area contributed by atoms with Crippen LogP contribution in [-0.4, -0.2) is 167 Å². The molecule has 0 aromatic rings. The molecule has 0 aliphatic heterocycles. The molecule has 0 heterocycles. The molecule has 0 spiro atoms. The van der Waals surface area contributed by atoms with E-state index in [9.17, 15) is 28.8 Å². The summed E-state index contributed by atoms with van der Waals surface area (Å²) in [5.74, 6) is 0.221. The molecule has 16 heteroatoms. The van der Waals surface area contributed by atoms with Crippen molar-refractivity contribution in [1.82, 2.24) is 19.6 Å². The third kappa shape index (κ3) is 47.3. The standard InChI is InChI=1S/C71H136N4O12/c1-13-25-31-60(19-7)53-82-66(76)37-43-72(44-38-67(77)83-54-61(20-8)32-26-14-2)49-51-75(59-74(47-41-70(80)86-57-64(23-11)35-29-17-5)48-42-71(81)87-58-65(24-12)36-30-18-6)52-50-73(45-39-68(78)84-55-62(21-9)33-27-15-3)46-40-69(79)85-56-63(22-10)34-28-16-4/h60-65H,13-59H2,1-12H3. The monoisotopic (exact) mass is 1240 g/mol. The summed E-state index contributed by atoms with van der Waals surface area (Å²) in [6.07, 6.45) is 25.6. The predicted molar refractivity (Wildman–Crippen MR) is 354 cm³/mol. The first-order valence-corrected chi connectivity index (χ1v) is 35.9. The number of nitrogens with zero attached hydrogens (tertiary/aromatic N) is 4. The van der Waals surface area contributed by atoms with Crippen LogP contribution in [0.15, 0.2) is 0 Å². The number of unbranched alkanes of at least 4 members (excludes halogenated alkanes) is 6. The minimum absolute atomic E-state index is 0.137. The van der Waals surface area contributed by atoms with Crippen LogP contribution < -0.4 is 0 Å². The topological polar surface area (TPSA) is 171 Å². The largest absolute Gasteiger partial charge is 0.465 e. The van der Waals surface area contributed by atoms with Crippen LogP contribution in [0.3, 0.4) is 0 Å². The van der Waals surface area contributed by atoms with E-state index in [4.69, 9.17) is 28.4 Å². The second kappa shape index (κ2) is 57.8. The molecule has 0 saturated heterocycles. The van der Waals surface area contributed by atoms with Crippen LogP contribution in [-0.2, 0) is 57.2 Å². The number of rotatable bonds is 62. The Morgan fingerprint density at radius 2 is 0.402 bits per heavy atom. The van der Waals surface area contributed by atoms with Crippen LogP contribution in [0.4, 0.5) is 0 Å². The van der Waals surface area contributed by atoms with E-state index < -0.39 is 0 Å². The zero-order chi connectivity index (χ0) is 64.7. The fraction of sp³-hybridized carbons (Fsp3) is 0.915. The lowest BCUT2D eigenvalue weighted by atomic mass is 10.0. The van der Waals surface area contributed by atoms with Gasteiger partial charge in [-0.05, 0) is 74.0 Å². The number of esters is 6. The Bertz CT molecular complexity index is 1500. The lowest BCUT2D eigenvalue weighted by molar-refractivity contribution is -0.147. The summed E-state index contributed by atoms with van der Waals surface area (Å²) in [5.41, 5.74) is 0. The van der Waals surface area contributed by atoms with Gasteiger partial charge in [-0.25, -0.2) is 0 Å². The predicted octanol–water partition coefficient (Wildman–Crippen LogP) is 15.1. The Morgan fingerprint density at radius 1 is 0.241 bits per heavy atom. The number of carbonyl (C=O) groups is 6. The highest BCUT2D eigenvalue weighted by atomic mass is 16.6. The van der Waals surface area contributed by atoms with Gasteiger partial charge >= 0.3 is 35.8 Å². The van der Waals surface area contributed by atoms with E-state index in [0.29, 0.717) is 147 Å². The average molecular weight is 1240 g/mol. The van der Waals surface area contributed by atoms with Gasteiger partial charge in [0.25, 0.3) is 0 Å². The van der Waals surface area contributed by atoms with E-state index in [0.717, 1.165) is 154 Å². The van der Waals surface area contributed by atoms with Gasteiger partial charge in [-0.3, -0.25) is 38.6 Å². The second-order valence-corrected chi connectivity index (χ2v) is 25.2. The maximum atomic E-state index is 13.6. The summed E-state index contributed by atoms with van der Waals surface area (Å²) in [5, 5.41) is 0. The van der Waals surface area contributed by atoms with Gasteiger partial charge in [-0.1, -0.05) is 199 Å². The highest BCUT2D eigenvalue weighted by Crippen LogP contribution is 2.19. The molecule has 87 heavy (non-hydrogen) atoms. The van der Waals surface area contributed by atoms with Crippen LogP contribution in [0, 0.1) is 35.5 Å². The van der Waals surface area contributed by atoms with Gasteiger partial charge in [0.2, 0.25) is 0 Å². The minimum atomic E-state index is -0.279. The molecular formula is C71H136N4O12. The normalized spacial score (nSPS) is 13.8. The molecule has 512 valence electrons.